The molecule has 1 atom stereocenters. The number of rotatable bonds is 6. The van der Waals surface area contributed by atoms with Crippen LogP contribution in [0.5, 0.6) is 0 Å². The number of aryl methyl sites for hydroxylation is 1. The standard InChI is InChI=1S/C25H24FN3O4S2/c1-17-9-11-20(12-10-17)35(31,32)28-13-3-5-18(15-28)24(30)29(16-19-6-4-14-33-19)25-27-23-21(26)7-2-8-22(23)34-25/h2,4,6-12,14,18H,3,5,13,15-16H2,1H3. The van der Waals surface area contributed by atoms with Crippen molar-refractivity contribution >= 4 is 42.6 Å². The van der Waals surface area contributed by atoms with Crippen molar-refractivity contribution in [3.8, 4) is 0 Å². The molecule has 0 N–H and O–H groups in total. The van der Waals surface area contributed by atoms with Crippen LogP contribution in [0.3, 0.4) is 0 Å². The van der Waals surface area contributed by atoms with Gasteiger partial charge in [-0.15, -0.1) is 0 Å². The maximum atomic E-state index is 14.3. The average molecular weight is 514 g/mol. The van der Waals surface area contributed by atoms with Crippen molar-refractivity contribution in [1.82, 2.24) is 9.29 Å². The molecule has 2 aromatic carbocycles. The van der Waals surface area contributed by atoms with Crippen LogP contribution in [0.4, 0.5) is 9.52 Å². The summed E-state index contributed by atoms with van der Waals surface area (Å²) in [5.74, 6) is -0.720. The van der Waals surface area contributed by atoms with Crippen LogP contribution in [-0.2, 0) is 21.4 Å². The van der Waals surface area contributed by atoms with Crippen LogP contribution in [0.1, 0.15) is 24.2 Å². The Hall–Kier alpha value is -3.08. The van der Waals surface area contributed by atoms with E-state index in [0.717, 1.165) is 5.56 Å². The molecule has 1 unspecified atom stereocenters. The predicted octanol–water partition coefficient (Wildman–Crippen LogP) is 4.97. The minimum absolute atomic E-state index is 0.0724. The molecule has 10 heteroatoms. The van der Waals surface area contributed by atoms with Gasteiger partial charge in [-0.1, -0.05) is 35.1 Å². The number of fused-ring (bicyclic) bond motifs is 1. The van der Waals surface area contributed by atoms with E-state index in [9.17, 15) is 17.6 Å². The van der Waals surface area contributed by atoms with E-state index in [-0.39, 0.29) is 29.4 Å². The molecule has 1 aliphatic heterocycles. The molecular formula is C25H24FN3O4S2. The number of thiazole rings is 1. The summed E-state index contributed by atoms with van der Waals surface area (Å²) in [6, 6.07) is 14.9. The molecule has 0 spiro atoms. The van der Waals surface area contributed by atoms with E-state index in [0.29, 0.717) is 35.0 Å². The molecule has 1 saturated heterocycles. The Balaban J connectivity index is 1.44. The fourth-order valence-corrected chi connectivity index (χ4v) is 6.77. The Morgan fingerprint density at radius 2 is 2.00 bits per heavy atom. The lowest BCUT2D eigenvalue weighted by molar-refractivity contribution is -0.123. The number of hydrogen-bond donors (Lipinski definition) is 0. The van der Waals surface area contributed by atoms with E-state index in [2.05, 4.69) is 4.98 Å². The number of anilines is 1. The second-order valence-corrected chi connectivity index (χ2v) is 11.5. The molecular weight excluding hydrogens is 489 g/mol. The molecule has 4 aromatic rings. The first-order valence-corrected chi connectivity index (χ1v) is 13.5. The number of piperidine rings is 1. The fraction of sp³-hybridized carbons (Fsp3) is 0.280. The molecule has 0 bridgehead atoms. The zero-order valence-electron chi connectivity index (χ0n) is 19.1. The second kappa shape index (κ2) is 9.52. The highest BCUT2D eigenvalue weighted by molar-refractivity contribution is 7.89. The zero-order chi connectivity index (χ0) is 24.6. The van der Waals surface area contributed by atoms with E-state index in [4.69, 9.17) is 4.42 Å². The third-order valence-electron chi connectivity index (χ3n) is 6.14. The van der Waals surface area contributed by atoms with Gasteiger partial charge in [0.15, 0.2) is 5.13 Å². The van der Waals surface area contributed by atoms with E-state index < -0.39 is 21.8 Å². The highest BCUT2D eigenvalue weighted by Crippen LogP contribution is 2.34. The van der Waals surface area contributed by atoms with Gasteiger partial charge in [-0.2, -0.15) is 4.31 Å². The Kier molecular flexibility index (Phi) is 6.43. The number of carbonyl (C=O) groups is 1. The highest BCUT2D eigenvalue weighted by atomic mass is 32.2. The zero-order valence-corrected chi connectivity index (χ0v) is 20.7. The van der Waals surface area contributed by atoms with Crippen molar-refractivity contribution in [2.45, 2.75) is 31.2 Å². The van der Waals surface area contributed by atoms with Gasteiger partial charge in [-0.05, 0) is 56.2 Å². The van der Waals surface area contributed by atoms with Crippen LogP contribution in [0, 0.1) is 18.7 Å². The summed E-state index contributed by atoms with van der Waals surface area (Å²) in [4.78, 5) is 19.9. The number of hydrogen-bond acceptors (Lipinski definition) is 6. The van der Waals surface area contributed by atoms with Gasteiger partial charge in [0, 0.05) is 13.1 Å². The molecule has 1 aliphatic rings. The number of sulfonamides is 1. The van der Waals surface area contributed by atoms with Crippen LogP contribution in [0.25, 0.3) is 10.2 Å². The topological polar surface area (TPSA) is 83.7 Å². The molecule has 0 radical (unpaired) electrons. The Bertz CT molecular complexity index is 1450. The summed E-state index contributed by atoms with van der Waals surface area (Å²) in [5.41, 5.74) is 1.17. The lowest BCUT2D eigenvalue weighted by Gasteiger charge is -2.33. The third kappa shape index (κ3) is 4.73. The molecule has 3 heterocycles. The summed E-state index contributed by atoms with van der Waals surface area (Å²) >= 11 is 1.22. The molecule has 182 valence electrons. The van der Waals surface area contributed by atoms with Crippen molar-refractivity contribution in [3.05, 3.63) is 78.0 Å². The molecule has 2 aromatic heterocycles. The summed E-state index contributed by atoms with van der Waals surface area (Å²) in [6.45, 7) is 2.44. The number of benzene rings is 2. The lowest BCUT2D eigenvalue weighted by Crippen LogP contribution is -2.46. The van der Waals surface area contributed by atoms with Crippen LogP contribution in [-0.4, -0.2) is 36.7 Å². The van der Waals surface area contributed by atoms with Crippen molar-refractivity contribution in [2.24, 2.45) is 5.92 Å². The Morgan fingerprint density at radius 3 is 2.71 bits per heavy atom. The van der Waals surface area contributed by atoms with E-state index in [1.54, 1.807) is 48.5 Å². The molecule has 5 rings (SSSR count). The quantitative estimate of drug-likeness (QED) is 0.364. The summed E-state index contributed by atoms with van der Waals surface area (Å²) in [5, 5.41) is 0.352. The molecule has 0 saturated carbocycles. The number of para-hydroxylation sites is 1. The van der Waals surface area contributed by atoms with Crippen molar-refractivity contribution in [3.63, 3.8) is 0 Å². The minimum Gasteiger partial charge on any atom is -0.467 e. The van der Waals surface area contributed by atoms with Crippen LogP contribution >= 0.6 is 11.3 Å². The van der Waals surface area contributed by atoms with Gasteiger partial charge in [0.2, 0.25) is 15.9 Å². The fourth-order valence-electron chi connectivity index (χ4n) is 4.26. The van der Waals surface area contributed by atoms with Gasteiger partial charge in [-0.25, -0.2) is 17.8 Å². The van der Waals surface area contributed by atoms with Crippen LogP contribution in [0.15, 0.2) is 70.2 Å². The van der Waals surface area contributed by atoms with Gasteiger partial charge < -0.3 is 4.42 Å². The van der Waals surface area contributed by atoms with Gasteiger partial charge in [-0.3, -0.25) is 9.69 Å². The summed E-state index contributed by atoms with van der Waals surface area (Å²) < 4.78 is 48.3. The molecule has 35 heavy (non-hydrogen) atoms. The average Bonchev–Trinajstić information content (AvgIpc) is 3.53. The smallest absolute Gasteiger partial charge is 0.243 e. The SMILES string of the molecule is Cc1ccc(S(=O)(=O)N2CCCC(C(=O)N(Cc3ccco3)c3nc4c(F)cccc4s3)C2)cc1. The normalized spacial score (nSPS) is 17.0. The van der Waals surface area contributed by atoms with Crippen LogP contribution in [0.2, 0.25) is 0 Å². The third-order valence-corrected chi connectivity index (χ3v) is 9.06. The van der Waals surface area contributed by atoms with Gasteiger partial charge in [0.1, 0.15) is 17.1 Å². The van der Waals surface area contributed by atoms with Crippen LogP contribution < -0.4 is 4.90 Å². The predicted molar refractivity (Wildman–Crippen MR) is 132 cm³/mol. The first-order valence-electron chi connectivity index (χ1n) is 11.3. The number of nitrogens with zero attached hydrogens (tertiary/aromatic N) is 3. The van der Waals surface area contributed by atoms with E-state index >= 15 is 0 Å². The molecule has 7 nitrogen and oxygen atoms in total. The van der Waals surface area contributed by atoms with Crippen molar-refractivity contribution in [1.29, 1.82) is 0 Å². The molecule has 0 aliphatic carbocycles. The number of carbonyl (C=O) groups excluding carboxylic acids is 1. The minimum atomic E-state index is -3.73. The first-order chi connectivity index (χ1) is 16.8. The number of aromatic nitrogens is 1. The second-order valence-electron chi connectivity index (χ2n) is 8.60. The monoisotopic (exact) mass is 513 g/mol. The van der Waals surface area contributed by atoms with Gasteiger partial charge >= 0.3 is 0 Å². The first kappa shape index (κ1) is 23.7. The van der Waals surface area contributed by atoms with E-state index in [1.165, 1.54) is 32.9 Å². The maximum Gasteiger partial charge on any atom is 0.243 e. The highest BCUT2D eigenvalue weighted by Gasteiger charge is 2.36. The molecule has 1 amide bonds. The van der Waals surface area contributed by atoms with Crippen molar-refractivity contribution in [2.75, 3.05) is 18.0 Å². The summed E-state index contributed by atoms with van der Waals surface area (Å²) in [6.07, 6.45) is 2.63. The number of halogens is 1. The Morgan fingerprint density at radius 1 is 1.20 bits per heavy atom. The Labute approximate surface area is 206 Å². The van der Waals surface area contributed by atoms with E-state index in [1.807, 2.05) is 6.92 Å². The molecule has 1 fully saturated rings. The largest absolute Gasteiger partial charge is 0.467 e. The summed E-state index contributed by atoms with van der Waals surface area (Å²) in [7, 11) is -3.73. The number of furan rings is 1. The lowest BCUT2D eigenvalue weighted by atomic mass is 9.98. The maximum absolute atomic E-state index is 14.3. The van der Waals surface area contributed by atoms with Crippen molar-refractivity contribution < 1.29 is 22.0 Å². The number of amides is 1. The van der Waals surface area contributed by atoms with Gasteiger partial charge in [0.05, 0.1) is 28.3 Å². The van der Waals surface area contributed by atoms with Gasteiger partial charge in [0.25, 0.3) is 0 Å².